The van der Waals surface area contributed by atoms with Crippen LogP contribution in [0.1, 0.15) is 27.7 Å². The first-order valence-corrected chi connectivity index (χ1v) is 5.77. The lowest BCUT2D eigenvalue weighted by atomic mass is 10.1. The highest BCUT2D eigenvalue weighted by molar-refractivity contribution is 5.97. The molecule has 0 atom stereocenters. The standard InChI is InChI=1S/C15H23NO/c1-7-9-16(10-8-2)15(17)14(13(5)6)11-12(3)4/h7-8,11H,1-2,9-10H2,3-6H3. The fourth-order valence-electron chi connectivity index (χ4n) is 1.43. The molecule has 2 heteroatoms. The lowest BCUT2D eigenvalue weighted by Crippen LogP contribution is -2.32. The maximum absolute atomic E-state index is 12.3. The molecule has 0 bridgehead atoms. The highest BCUT2D eigenvalue weighted by Crippen LogP contribution is 2.12. The van der Waals surface area contributed by atoms with Gasteiger partial charge in [0.2, 0.25) is 0 Å². The van der Waals surface area contributed by atoms with Crippen molar-refractivity contribution in [1.29, 1.82) is 0 Å². The van der Waals surface area contributed by atoms with E-state index in [4.69, 9.17) is 0 Å². The summed E-state index contributed by atoms with van der Waals surface area (Å²) in [6.45, 7) is 16.3. The maximum Gasteiger partial charge on any atom is 0.254 e. The van der Waals surface area contributed by atoms with Crippen molar-refractivity contribution in [3.8, 4) is 0 Å². The molecule has 0 fully saturated rings. The molecule has 0 heterocycles. The number of nitrogens with zero attached hydrogens (tertiary/aromatic N) is 1. The van der Waals surface area contributed by atoms with Gasteiger partial charge in [0.1, 0.15) is 0 Å². The third kappa shape index (κ3) is 5.34. The fraction of sp³-hybridized carbons (Fsp3) is 0.400. The second kappa shape index (κ2) is 7.66. The van der Waals surface area contributed by atoms with Crippen molar-refractivity contribution in [2.45, 2.75) is 27.7 Å². The van der Waals surface area contributed by atoms with Crippen molar-refractivity contribution >= 4 is 5.91 Å². The molecular weight excluding hydrogens is 210 g/mol. The van der Waals surface area contributed by atoms with E-state index in [1.165, 1.54) is 0 Å². The third-order valence-corrected chi connectivity index (χ3v) is 2.19. The Morgan fingerprint density at radius 3 is 1.82 bits per heavy atom. The van der Waals surface area contributed by atoms with Crippen molar-refractivity contribution in [3.63, 3.8) is 0 Å². The molecule has 0 aromatic heterocycles. The van der Waals surface area contributed by atoms with Gasteiger partial charge in [-0.25, -0.2) is 0 Å². The summed E-state index contributed by atoms with van der Waals surface area (Å²) >= 11 is 0. The average molecular weight is 233 g/mol. The van der Waals surface area contributed by atoms with Gasteiger partial charge in [0, 0.05) is 18.7 Å². The van der Waals surface area contributed by atoms with E-state index in [0.29, 0.717) is 13.1 Å². The zero-order valence-electron chi connectivity index (χ0n) is 11.4. The Hall–Kier alpha value is -1.57. The summed E-state index contributed by atoms with van der Waals surface area (Å²) in [6, 6.07) is 0. The van der Waals surface area contributed by atoms with Crippen LogP contribution < -0.4 is 0 Å². The highest BCUT2D eigenvalue weighted by Gasteiger charge is 2.15. The zero-order chi connectivity index (χ0) is 13.4. The van der Waals surface area contributed by atoms with Crippen molar-refractivity contribution in [3.05, 3.63) is 48.1 Å². The Morgan fingerprint density at radius 2 is 1.53 bits per heavy atom. The van der Waals surface area contributed by atoms with Crippen LogP contribution >= 0.6 is 0 Å². The van der Waals surface area contributed by atoms with Crippen molar-refractivity contribution < 1.29 is 4.79 Å². The Kier molecular flexibility index (Phi) is 6.95. The second-order valence-corrected chi connectivity index (χ2v) is 4.42. The molecule has 17 heavy (non-hydrogen) atoms. The van der Waals surface area contributed by atoms with Crippen LogP contribution in [0.5, 0.6) is 0 Å². The molecule has 0 unspecified atom stereocenters. The Bertz CT molecular complexity index is 343. The van der Waals surface area contributed by atoms with Crippen LogP contribution in [-0.2, 0) is 4.79 Å². The summed E-state index contributed by atoms with van der Waals surface area (Å²) in [7, 11) is 0. The van der Waals surface area contributed by atoms with E-state index in [2.05, 4.69) is 13.2 Å². The Labute approximate surface area is 105 Å². The van der Waals surface area contributed by atoms with E-state index in [9.17, 15) is 4.79 Å². The smallest absolute Gasteiger partial charge is 0.254 e. The zero-order valence-corrected chi connectivity index (χ0v) is 11.4. The monoisotopic (exact) mass is 233 g/mol. The molecule has 1 amide bonds. The number of amides is 1. The second-order valence-electron chi connectivity index (χ2n) is 4.42. The minimum atomic E-state index is 0.0333. The van der Waals surface area contributed by atoms with Crippen LogP contribution in [0.25, 0.3) is 0 Å². The molecule has 0 rings (SSSR count). The molecular formula is C15H23NO. The van der Waals surface area contributed by atoms with E-state index in [-0.39, 0.29) is 5.91 Å². The lowest BCUT2D eigenvalue weighted by molar-refractivity contribution is -0.125. The first-order valence-electron chi connectivity index (χ1n) is 5.77. The van der Waals surface area contributed by atoms with E-state index >= 15 is 0 Å². The van der Waals surface area contributed by atoms with E-state index < -0.39 is 0 Å². The molecule has 0 saturated carbocycles. The van der Waals surface area contributed by atoms with Gasteiger partial charge in [-0.15, -0.1) is 13.2 Å². The molecule has 0 aromatic rings. The van der Waals surface area contributed by atoms with Crippen molar-refractivity contribution in [2.75, 3.05) is 13.1 Å². The predicted octanol–water partition coefficient (Wildman–Crippen LogP) is 3.49. The van der Waals surface area contributed by atoms with E-state index in [1.54, 1.807) is 17.1 Å². The van der Waals surface area contributed by atoms with Gasteiger partial charge in [-0.2, -0.15) is 0 Å². The van der Waals surface area contributed by atoms with Crippen molar-refractivity contribution in [1.82, 2.24) is 4.90 Å². The van der Waals surface area contributed by atoms with Crippen LogP contribution in [0.4, 0.5) is 0 Å². The van der Waals surface area contributed by atoms with E-state index in [1.807, 2.05) is 33.8 Å². The maximum atomic E-state index is 12.3. The molecule has 0 saturated heterocycles. The molecule has 0 spiro atoms. The van der Waals surface area contributed by atoms with E-state index in [0.717, 1.165) is 16.7 Å². The molecule has 0 aromatic carbocycles. The molecule has 0 aliphatic rings. The SMILES string of the molecule is C=CCN(CC=C)C(=O)C(C=C(C)C)=C(C)C. The van der Waals surface area contributed by atoms with Gasteiger partial charge >= 0.3 is 0 Å². The summed E-state index contributed by atoms with van der Waals surface area (Å²) < 4.78 is 0. The molecule has 2 nitrogen and oxygen atoms in total. The minimum Gasteiger partial charge on any atom is -0.331 e. The normalized spacial score (nSPS) is 9.18. The highest BCUT2D eigenvalue weighted by atomic mass is 16.2. The number of hydrogen-bond donors (Lipinski definition) is 0. The minimum absolute atomic E-state index is 0.0333. The average Bonchev–Trinajstić information content (AvgIpc) is 2.24. The summed E-state index contributed by atoms with van der Waals surface area (Å²) in [6.07, 6.45) is 5.38. The summed E-state index contributed by atoms with van der Waals surface area (Å²) in [5.41, 5.74) is 2.90. The number of carbonyl (C=O) groups excluding carboxylic acids is 1. The molecule has 94 valence electrons. The number of allylic oxidation sites excluding steroid dienone is 2. The Morgan fingerprint density at radius 1 is 1.06 bits per heavy atom. The quantitative estimate of drug-likeness (QED) is 0.391. The van der Waals surface area contributed by atoms with Crippen LogP contribution in [0.15, 0.2) is 48.1 Å². The van der Waals surface area contributed by atoms with Crippen molar-refractivity contribution in [2.24, 2.45) is 0 Å². The number of hydrogen-bond acceptors (Lipinski definition) is 1. The van der Waals surface area contributed by atoms with Crippen LogP contribution in [0, 0.1) is 0 Å². The molecule has 0 radical (unpaired) electrons. The van der Waals surface area contributed by atoms with Gasteiger partial charge in [-0.1, -0.05) is 29.4 Å². The first-order chi connectivity index (χ1) is 7.93. The van der Waals surface area contributed by atoms with Gasteiger partial charge < -0.3 is 4.90 Å². The lowest BCUT2D eigenvalue weighted by Gasteiger charge is -2.20. The molecule has 0 aliphatic heterocycles. The third-order valence-electron chi connectivity index (χ3n) is 2.19. The van der Waals surface area contributed by atoms with Gasteiger partial charge in [-0.3, -0.25) is 4.79 Å². The van der Waals surface area contributed by atoms with Crippen LogP contribution in [0.3, 0.4) is 0 Å². The molecule has 0 aliphatic carbocycles. The topological polar surface area (TPSA) is 20.3 Å². The van der Waals surface area contributed by atoms with Crippen LogP contribution in [0.2, 0.25) is 0 Å². The largest absolute Gasteiger partial charge is 0.331 e. The number of rotatable bonds is 6. The molecule has 0 N–H and O–H groups in total. The van der Waals surface area contributed by atoms with Gasteiger partial charge in [-0.05, 0) is 27.7 Å². The Balaban J connectivity index is 5.19. The summed E-state index contributed by atoms with van der Waals surface area (Å²) in [5.74, 6) is 0.0333. The van der Waals surface area contributed by atoms with Gasteiger partial charge in [0.05, 0.1) is 0 Å². The summed E-state index contributed by atoms with van der Waals surface area (Å²) in [4.78, 5) is 14.1. The number of carbonyl (C=O) groups is 1. The summed E-state index contributed by atoms with van der Waals surface area (Å²) in [5, 5.41) is 0. The fourth-order valence-corrected chi connectivity index (χ4v) is 1.43. The van der Waals surface area contributed by atoms with Gasteiger partial charge in [0.25, 0.3) is 5.91 Å². The van der Waals surface area contributed by atoms with Crippen LogP contribution in [-0.4, -0.2) is 23.9 Å². The van der Waals surface area contributed by atoms with Gasteiger partial charge in [0.15, 0.2) is 0 Å². The first kappa shape index (κ1) is 15.4. The predicted molar refractivity (Wildman–Crippen MR) is 74.8 cm³/mol.